The Balaban J connectivity index is 3.87. The first kappa shape index (κ1) is 16.4. The van der Waals surface area contributed by atoms with Gasteiger partial charge in [-0.15, -0.1) is 0 Å². The monoisotopic (exact) mass is 246 g/mol. The molecule has 0 spiro atoms. The van der Waals surface area contributed by atoms with Crippen LogP contribution in [0.5, 0.6) is 0 Å². The van der Waals surface area contributed by atoms with Gasteiger partial charge in [-0.05, 0) is 19.8 Å². The van der Waals surface area contributed by atoms with E-state index in [4.69, 9.17) is 15.2 Å². The number of ether oxygens (including phenoxy) is 2. The van der Waals surface area contributed by atoms with Crippen molar-refractivity contribution in [3.8, 4) is 0 Å². The number of hydrogen-bond donors (Lipinski definition) is 2. The molecule has 0 fully saturated rings. The Morgan fingerprint density at radius 1 is 1.24 bits per heavy atom. The van der Waals surface area contributed by atoms with Crippen molar-refractivity contribution >= 4 is 5.91 Å². The Morgan fingerprint density at radius 2 is 1.76 bits per heavy atom. The lowest BCUT2D eigenvalue weighted by Gasteiger charge is -2.19. The number of nitrogens with one attached hydrogen (secondary N) is 1. The summed E-state index contributed by atoms with van der Waals surface area (Å²) in [6.45, 7) is 9.27. The van der Waals surface area contributed by atoms with E-state index < -0.39 is 0 Å². The highest BCUT2D eigenvalue weighted by molar-refractivity contribution is 5.76. The molecule has 0 bridgehead atoms. The van der Waals surface area contributed by atoms with Crippen molar-refractivity contribution in [1.29, 1.82) is 0 Å². The molecule has 1 unspecified atom stereocenters. The first-order valence-electron chi connectivity index (χ1n) is 6.26. The van der Waals surface area contributed by atoms with E-state index in [1.54, 1.807) is 0 Å². The molecule has 1 amide bonds. The number of amides is 1. The molecule has 0 saturated carbocycles. The first-order chi connectivity index (χ1) is 8.01. The maximum absolute atomic E-state index is 11.6. The van der Waals surface area contributed by atoms with E-state index in [1.807, 2.05) is 27.7 Å². The smallest absolute Gasteiger partial charge is 0.221 e. The molecule has 102 valence electrons. The second-order valence-corrected chi connectivity index (χ2v) is 4.26. The van der Waals surface area contributed by atoms with Crippen LogP contribution in [-0.4, -0.2) is 38.0 Å². The van der Waals surface area contributed by atoms with Crippen LogP contribution in [0.1, 0.15) is 34.1 Å². The van der Waals surface area contributed by atoms with Gasteiger partial charge in [-0.2, -0.15) is 0 Å². The minimum atomic E-state index is -0.371. The van der Waals surface area contributed by atoms with E-state index in [2.05, 4.69) is 5.32 Å². The van der Waals surface area contributed by atoms with Crippen LogP contribution in [0.25, 0.3) is 0 Å². The fourth-order valence-corrected chi connectivity index (χ4v) is 1.26. The van der Waals surface area contributed by atoms with Crippen molar-refractivity contribution in [3.63, 3.8) is 0 Å². The van der Waals surface area contributed by atoms with Crippen LogP contribution in [0.15, 0.2) is 0 Å². The van der Waals surface area contributed by atoms with Crippen molar-refractivity contribution in [2.24, 2.45) is 11.7 Å². The van der Waals surface area contributed by atoms with Crippen LogP contribution in [0.3, 0.4) is 0 Å². The quantitative estimate of drug-likeness (QED) is 0.592. The lowest BCUT2D eigenvalue weighted by atomic mass is 10.0. The summed E-state index contributed by atoms with van der Waals surface area (Å²) in [7, 11) is 0. The molecule has 0 aliphatic rings. The normalized spacial score (nSPS) is 13.1. The molecule has 0 aromatic carbocycles. The topological polar surface area (TPSA) is 73.6 Å². The van der Waals surface area contributed by atoms with Crippen LogP contribution in [-0.2, 0) is 14.3 Å². The van der Waals surface area contributed by atoms with Gasteiger partial charge in [0, 0.05) is 25.7 Å². The third kappa shape index (κ3) is 8.12. The standard InChI is InChI=1S/C12H26N2O3/c1-5-16-12(17-6-2)8-14-11(15)7-10(13)9(3)4/h9-10,12H,5-8,13H2,1-4H3,(H,14,15). The first-order valence-corrected chi connectivity index (χ1v) is 6.26. The molecule has 0 radical (unpaired) electrons. The molecule has 17 heavy (non-hydrogen) atoms. The number of carbonyl (C=O) groups is 1. The lowest BCUT2D eigenvalue weighted by molar-refractivity contribution is -0.140. The van der Waals surface area contributed by atoms with Crippen LogP contribution < -0.4 is 11.1 Å². The zero-order valence-corrected chi connectivity index (χ0v) is 11.4. The molecule has 0 saturated heterocycles. The molecule has 0 aromatic rings. The zero-order valence-electron chi connectivity index (χ0n) is 11.4. The fourth-order valence-electron chi connectivity index (χ4n) is 1.26. The molecule has 0 aromatic heterocycles. The Labute approximate surface area is 104 Å². The van der Waals surface area contributed by atoms with Crippen LogP contribution in [0, 0.1) is 5.92 Å². The number of hydrogen-bond acceptors (Lipinski definition) is 4. The summed E-state index contributed by atoms with van der Waals surface area (Å²) in [6, 6.07) is -0.104. The highest BCUT2D eigenvalue weighted by Crippen LogP contribution is 2.02. The largest absolute Gasteiger partial charge is 0.351 e. The van der Waals surface area contributed by atoms with Crippen LogP contribution in [0.2, 0.25) is 0 Å². The number of carbonyl (C=O) groups excluding carboxylic acids is 1. The maximum atomic E-state index is 11.6. The number of nitrogens with two attached hydrogens (primary N) is 1. The predicted molar refractivity (Wildman–Crippen MR) is 67.5 cm³/mol. The van der Waals surface area contributed by atoms with E-state index in [9.17, 15) is 4.79 Å². The molecular weight excluding hydrogens is 220 g/mol. The van der Waals surface area contributed by atoms with Gasteiger partial charge in [-0.1, -0.05) is 13.8 Å². The van der Waals surface area contributed by atoms with Gasteiger partial charge in [0.1, 0.15) is 0 Å². The summed E-state index contributed by atoms with van der Waals surface area (Å²) < 4.78 is 10.6. The Hall–Kier alpha value is -0.650. The average molecular weight is 246 g/mol. The van der Waals surface area contributed by atoms with Gasteiger partial charge in [0.25, 0.3) is 0 Å². The highest BCUT2D eigenvalue weighted by atomic mass is 16.7. The Bertz CT molecular complexity index is 204. The number of rotatable bonds is 9. The molecule has 0 aliphatic carbocycles. The molecule has 0 aliphatic heterocycles. The molecule has 3 N–H and O–H groups in total. The molecule has 0 heterocycles. The lowest BCUT2D eigenvalue weighted by Crippen LogP contribution is -2.39. The van der Waals surface area contributed by atoms with Crippen molar-refractivity contribution < 1.29 is 14.3 Å². The van der Waals surface area contributed by atoms with Crippen LogP contribution >= 0.6 is 0 Å². The van der Waals surface area contributed by atoms with Gasteiger partial charge in [-0.3, -0.25) is 4.79 Å². The molecule has 5 heteroatoms. The van der Waals surface area contributed by atoms with Gasteiger partial charge >= 0.3 is 0 Å². The highest BCUT2D eigenvalue weighted by Gasteiger charge is 2.14. The van der Waals surface area contributed by atoms with E-state index in [0.717, 1.165) is 0 Å². The molecular formula is C12H26N2O3. The van der Waals surface area contributed by atoms with Gasteiger partial charge in [0.2, 0.25) is 5.91 Å². The van der Waals surface area contributed by atoms with E-state index in [1.165, 1.54) is 0 Å². The zero-order chi connectivity index (χ0) is 13.3. The molecule has 0 rings (SSSR count). The van der Waals surface area contributed by atoms with Crippen LogP contribution in [0.4, 0.5) is 0 Å². The minimum absolute atomic E-state index is 0.0596. The summed E-state index contributed by atoms with van der Waals surface area (Å²) in [5.41, 5.74) is 5.82. The second kappa shape index (κ2) is 9.39. The summed E-state index contributed by atoms with van der Waals surface area (Å²) in [4.78, 5) is 11.6. The SMILES string of the molecule is CCOC(CNC(=O)CC(N)C(C)C)OCC. The van der Waals surface area contributed by atoms with Gasteiger partial charge in [0.15, 0.2) is 6.29 Å². The van der Waals surface area contributed by atoms with E-state index in [-0.39, 0.29) is 18.2 Å². The maximum Gasteiger partial charge on any atom is 0.221 e. The summed E-state index contributed by atoms with van der Waals surface area (Å²) in [6.07, 6.45) is -0.0351. The minimum Gasteiger partial charge on any atom is -0.351 e. The molecule has 5 nitrogen and oxygen atoms in total. The average Bonchev–Trinajstić information content (AvgIpc) is 2.26. The van der Waals surface area contributed by atoms with Crippen molar-refractivity contribution in [3.05, 3.63) is 0 Å². The van der Waals surface area contributed by atoms with E-state index in [0.29, 0.717) is 32.1 Å². The van der Waals surface area contributed by atoms with Crippen molar-refractivity contribution in [2.45, 2.75) is 46.4 Å². The van der Waals surface area contributed by atoms with Crippen molar-refractivity contribution in [1.82, 2.24) is 5.32 Å². The fraction of sp³-hybridized carbons (Fsp3) is 0.917. The second-order valence-electron chi connectivity index (χ2n) is 4.26. The van der Waals surface area contributed by atoms with Crippen molar-refractivity contribution in [2.75, 3.05) is 19.8 Å². The Kier molecular flexibility index (Phi) is 9.03. The summed E-state index contributed by atoms with van der Waals surface area (Å²) in [5, 5.41) is 2.77. The summed E-state index contributed by atoms with van der Waals surface area (Å²) >= 11 is 0. The summed E-state index contributed by atoms with van der Waals surface area (Å²) in [5.74, 6) is 0.242. The van der Waals surface area contributed by atoms with Gasteiger partial charge in [0.05, 0.1) is 6.54 Å². The van der Waals surface area contributed by atoms with E-state index >= 15 is 0 Å². The third-order valence-corrected chi connectivity index (χ3v) is 2.45. The molecule has 1 atom stereocenters. The Morgan fingerprint density at radius 3 is 2.18 bits per heavy atom. The predicted octanol–water partition coefficient (Wildman–Crippen LogP) is 0.875. The third-order valence-electron chi connectivity index (χ3n) is 2.45. The van der Waals surface area contributed by atoms with Gasteiger partial charge in [-0.25, -0.2) is 0 Å². The van der Waals surface area contributed by atoms with Gasteiger partial charge < -0.3 is 20.5 Å².